The molecule has 8 heteroatoms. The summed E-state index contributed by atoms with van der Waals surface area (Å²) in [6.07, 6.45) is 1.48. The Bertz CT molecular complexity index is 656. The summed E-state index contributed by atoms with van der Waals surface area (Å²) in [4.78, 5) is 32.8. The molecule has 0 spiro atoms. The van der Waals surface area contributed by atoms with Gasteiger partial charge in [-0.05, 0) is 32.2 Å². The number of aromatic nitrogens is 2. The summed E-state index contributed by atoms with van der Waals surface area (Å²) in [6.45, 7) is 5.40. The highest BCUT2D eigenvalue weighted by Gasteiger charge is 2.19. The van der Waals surface area contributed by atoms with Crippen molar-refractivity contribution in [2.75, 3.05) is 0 Å². The minimum atomic E-state index is -0.481. The van der Waals surface area contributed by atoms with Crippen LogP contribution >= 0.6 is 23.1 Å². The van der Waals surface area contributed by atoms with Gasteiger partial charge in [-0.2, -0.15) is 0 Å². The number of nitrogens with one attached hydrogen (secondary N) is 2. The van der Waals surface area contributed by atoms with Crippen molar-refractivity contribution in [3.05, 3.63) is 17.8 Å². The van der Waals surface area contributed by atoms with Crippen molar-refractivity contribution in [2.45, 2.75) is 37.1 Å². The highest BCUT2D eigenvalue weighted by atomic mass is 32.2. The van der Waals surface area contributed by atoms with Crippen LogP contribution in [-0.2, 0) is 4.79 Å². The molecule has 2 aromatic heterocycles. The minimum absolute atomic E-state index is 0.0203. The Morgan fingerprint density at radius 3 is 2.76 bits per heavy atom. The van der Waals surface area contributed by atoms with Gasteiger partial charge in [-0.15, -0.1) is 11.3 Å². The molecule has 0 unspecified atom stereocenters. The Kier molecular flexibility index (Phi) is 5.13. The van der Waals surface area contributed by atoms with Gasteiger partial charge >= 0.3 is 6.03 Å². The first-order valence-corrected chi connectivity index (χ1v) is 8.19. The zero-order valence-electron chi connectivity index (χ0n) is 11.9. The molecule has 6 nitrogen and oxygen atoms in total. The molecule has 1 atom stereocenters. The Balaban J connectivity index is 2.00. The number of fused-ring (bicyclic) bond motifs is 1. The molecule has 0 aromatic carbocycles. The van der Waals surface area contributed by atoms with E-state index < -0.39 is 11.3 Å². The second kappa shape index (κ2) is 6.86. The summed E-state index contributed by atoms with van der Waals surface area (Å²) in [5, 5.41) is 8.11. The molecule has 0 fully saturated rings. The van der Waals surface area contributed by atoms with E-state index in [1.807, 2.05) is 25.3 Å². The van der Waals surface area contributed by atoms with Gasteiger partial charge < -0.3 is 5.32 Å². The van der Waals surface area contributed by atoms with Crippen LogP contribution in [0.15, 0.2) is 22.8 Å². The molecule has 0 saturated carbocycles. The van der Waals surface area contributed by atoms with Gasteiger partial charge in [0.2, 0.25) is 5.91 Å². The van der Waals surface area contributed by atoms with Crippen molar-refractivity contribution in [2.24, 2.45) is 0 Å². The number of carbonyl (C=O) groups excluding carboxylic acids is 2. The van der Waals surface area contributed by atoms with E-state index in [1.54, 1.807) is 6.92 Å². The Hall–Kier alpha value is -1.67. The van der Waals surface area contributed by atoms with Gasteiger partial charge in [-0.3, -0.25) is 10.1 Å². The van der Waals surface area contributed by atoms with Gasteiger partial charge in [0.05, 0.1) is 5.25 Å². The number of imide groups is 1. The third kappa shape index (κ3) is 4.15. The summed E-state index contributed by atoms with van der Waals surface area (Å²) < 4.78 is 0. The molecule has 2 rings (SSSR count). The lowest BCUT2D eigenvalue weighted by Gasteiger charge is -2.13. The Labute approximate surface area is 130 Å². The quantitative estimate of drug-likeness (QED) is 0.666. The first-order chi connectivity index (χ1) is 9.97. The summed E-state index contributed by atoms with van der Waals surface area (Å²) in [5.74, 6) is -0.347. The monoisotopic (exact) mass is 324 g/mol. The van der Waals surface area contributed by atoms with Crippen LogP contribution in [0.5, 0.6) is 0 Å². The van der Waals surface area contributed by atoms with Crippen molar-refractivity contribution in [3.8, 4) is 0 Å². The molecular formula is C13H16N4O2S2. The fourth-order valence-electron chi connectivity index (χ4n) is 1.59. The summed E-state index contributed by atoms with van der Waals surface area (Å²) in [5.41, 5.74) is 0. The number of carbonyl (C=O) groups is 2. The predicted molar refractivity (Wildman–Crippen MR) is 84.5 cm³/mol. The maximum atomic E-state index is 12.0. The van der Waals surface area contributed by atoms with Crippen molar-refractivity contribution in [1.29, 1.82) is 0 Å². The molecule has 112 valence electrons. The smallest absolute Gasteiger partial charge is 0.321 e. The number of nitrogens with zero attached hydrogens (tertiary/aromatic N) is 2. The first kappa shape index (κ1) is 15.7. The highest BCUT2D eigenvalue weighted by Crippen LogP contribution is 2.30. The Morgan fingerprint density at radius 2 is 2.05 bits per heavy atom. The van der Waals surface area contributed by atoms with Crippen LogP contribution in [0.1, 0.15) is 20.8 Å². The van der Waals surface area contributed by atoms with Gasteiger partial charge in [0.1, 0.15) is 16.2 Å². The molecule has 0 radical (unpaired) electrons. The fourth-order valence-corrected chi connectivity index (χ4v) is 3.29. The van der Waals surface area contributed by atoms with Crippen molar-refractivity contribution < 1.29 is 9.59 Å². The Morgan fingerprint density at radius 1 is 1.29 bits per heavy atom. The van der Waals surface area contributed by atoms with E-state index in [0.29, 0.717) is 0 Å². The van der Waals surface area contributed by atoms with E-state index >= 15 is 0 Å². The van der Waals surface area contributed by atoms with Gasteiger partial charge in [0, 0.05) is 11.4 Å². The van der Waals surface area contributed by atoms with Crippen LogP contribution in [0.4, 0.5) is 4.79 Å². The van der Waals surface area contributed by atoms with Crippen molar-refractivity contribution >= 4 is 45.3 Å². The zero-order valence-corrected chi connectivity index (χ0v) is 13.5. The average molecular weight is 324 g/mol. The lowest BCUT2D eigenvalue weighted by molar-refractivity contribution is -0.119. The van der Waals surface area contributed by atoms with Gasteiger partial charge in [0.15, 0.2) is 0 Å². The predicted octanol–water partition coefficient (Wildman–Crippen LogP) is 2.41. The number of thioether (sulfide) groups is 1. The molecule has 0 saturated heterocycles. The summed E-state index contributed by atoms with van der Waals surface area (Å²) >= 11 is 2.84. The molecule has 3 amide bonds. The third-order valence-corrected chi connectivity index (χ3v) is 4.48. The van der Waals surface area contributed by atoms with Crippen molar-refractivity contribution in [3.63, 3.8) is 0 Å². The highest BCUT2D eigenvalue weighted by molar-refractivity contribution is 8.00. The van der Waals surface area contributed by atoms with Gasteiger partial charge in [0.25, 0.3) is 0 Å². The number of thiophene rings is 1. The fraction of sp³-hybridized carbons (Fsp3) is 0.385. The van der Waals surface area contributed by atoms with E-state index in [-0.39, 0.29) is 11.9 Å². The SMILES string of the molecule is CC(C)NC(=O)NC(=O)[C@H](C)Sc1ncnc2sccc12. The molecule has 0 bridgehead atoms. The number of rotatable bonds is 4. The molecule has 0 aliphatic rings. The van der Waals surface area contributed by atoms with Crippen molar-refractivity contribution in [1.82, 2.24) is 20.6 Å². The van der Waals surface area contributed by atoms with Gasteiger partial charge in [-0.1, -0.05) is 11.8 Å². The number of urea groups is 1. The van der Waals surface area contributed by atoms with E-state index in [1.165, 1.54) is 29.4 Å². The van der Waals surface area contributed by atoms with Crippen LogP contribution in [-0.4, -0.2) is 33.2 Å². The van der Waals surface area contributed by atoms with Crippen LogP contribution < -0.4 is 10.6 Å². The zero-order chi connectivity index (χ0) is 15.4. The topological polar surface area (TPSA) is 84.0 Å². The summed E-state index contributed by atoms with van der Waals surface area (Å²) in [6, 6.07) is 1.43. The molecular weight excluding hydrogens is 308 g/mol. The molecule has 2 heterocycles. The molecule has 2 N–H and O–H groups in total. The molecule has 0 aliphatic carbocycles. The third-order valence-electron chi connectivity index (χ3n) is 2.54. The number of hydrogen-bond donors (Lipinski definition) is 2. The lowest BCUT2D eigenvalue weighted by Crippen LogP contribution is -2.45. The minimum Gasteiger partial charge on any atom is -0.336 e. The number of hydrogen-bond acceptors (Lipinski definition) is 6. The lowest BCUT2D eigenvalue weighted by atomic mass is 10.4. The molecule has 2 aromatic rings. The van der Waals surface area contributed by atoms with E-state index in [0.717, 1.165) is 15.2 Å². The summed E-state index contributed by atoms with van der Waals surface area (Å²) in [7, 11) is 0. The second-order valence-corrected chi connectivity index (χ2v) is 6.92. The average Bonchev–Trinajstić information content (AvgIpc) is 2.86. The number of amides is 3. The normalized spacial score (nSPS) is 12.4. The van der Waals surface area contributed by atoms with E-state index in [4.69, 9.17) is 0 Å². The van der Waals surface area contributed by atoms with Crippen LogP contribution in [0.3, 0.4) is 0 Å². The maximum absolute atomic E-state index is 12.0. The van der Waals surface area contributed by atoms with Crippen LogP contribution in [0.25, 0.3) is 10.2 Å². The largest absolute Gasteiger partial charge is 0.336 e. The molecule has 0 aliphatic heterocycles. The van der Waals surface area contributed by atoms with E-state index in [9.17, 15) is 9.59 Å². The standard InChI is InChI=1S/C13H16N4O2S2/c1-7(2)16-13(19)17-10(18)8(3)21-12-9-4-5-20-11(9)14-6-15-12/h4-8H,1-3H3,(H2,16,17,18,19)/t8-/m0/s1. The first-order valence-electron chi connectivity index (χ1n) is 6.43. The van der Waals surface area contributed by atoms with Crippen LogP contribution in [0, 0.1) is 0 Å². The van der Waals surface area contributed by atoms with E-state index in [2.05, 4.69) is 20.6 Å². The maximum Gasteiger partial charge on any atom is 0.321 e. The molecule has 21 heavy (non-hydrogen) atoms. The van der Waals surface area contributed by atoms with Crippen LogP contribution in [0.2, 0.25) is 0 Å². The van der Waals surface area contributed by atoms with Gasteiger partial charge in [-0.25, -0.2) is 14.8 Å². The second-order valence-electron chi connectivity index (χ2n) is 4.70.